The number of aryl methyl sites for hydroxylation is 1. The Kier molecular flexibility index (Phi) is 3.72. The molecule has 1 rings (SSSR count). The van der Waals surface area contributed by atoms with E-state index < -0.39 is 0 Å². The first-order valence-corrected chi connectivity index (χ1v) is 5.91. The van der Waals surface area contributed by atoms with Gasteiger partial charge in [-0.25, -0.2) is 4.98 Å². The largest absolute Gasteiger partial charge is 0.354 e. The van der Waals surface area contributed by atoms with Gasteiger partial charge in [-0.15, -0.1) is 11.6 Å². The molecule has 1 heterocycles. The molecule has 0 aliphatic carbocycles. The maximum absolute atomic E-state index is 6.05. The van der Waals surface area contributed by atoms with E-state index in [2.05, 4.69) is 28.5 Å². The molecule has 0 saturated heterocycles. The monoisotopic (exact) mass is 233 g/mol. The lowest BCUT2D eigenvalue weighted by Crippen LogP contribution is -2.38. The average Bonchev–Trinajstić information content (AvgIpc) is 2.51. The van der Waals surface area contributed by atoms with Crippen LogP contribution >= 0.6 is 23.1 Å². The normalized spacial score (nSPS) is 14.1. The number of rotatable bonds is 4. The Morgan fingerprint density at radius 3 is 2.64 bits per heavy atom. The number of aromatic nitrogens is 2. The third-order valence-corrected chi connectivity index (χ3v) is 3.42. The minimum Gasteiger partial charge on any atom is -0.354 e. The zero-order valence-corrected chi connectivity index (χ0v) is 10.5. The van der Waals surface area contributed by atoms with Crippen molar-refractivity contribution in [3.05, 3.63) is 5.82 Å². The van der Waals surface area contributed by atoms with Crippen molar-refractivity contribution in [2.75, 3.05) is 5.32 Å². The molecule has 1 N–H and O–H groups in total. The van der Waals surface area contributed by atoms with Crippen LogP contribution < -0.4 is 5.32 Å². The third-order valence-electron chi connectivity index (χ3n) is 2.21. The summed E-state index contributed by atoms with van der Waals surface area (Å²) in [7, 11) is 0. The molecular weight excluding hydrogens is 218 g/mol. The van der Waals surface area contributed by atoms with Gasteiger partial charge in [0.2, 0.25) is 5.13 Å². The lowest BCUT2D eigenvalue weighted by molar-refractivity contribution is 0.554. The van der Waals surface area contributed by atoms with E-state index in [1.54, 1.807) is 0 Å². The Morgan fingerprint density at radius 2 is 2.21 bits per heavy atom. The fraction of sp³-hybridized carbons (Fsp3) is 0.778. The van der Waals surface area contributed by atoms with Crippen LogP contribution in [0, 0.1) is 0 Å². The molecule has 5 heteroatoms. The number of hydrogen-bond acceptors (Lipinski definition) is 4. The summed E-state index contributed by atoms with van der Waals surface area (Å²) in [6.07, 6.45) is 0.870. The molecular formula is C9H16ClN3S. The van der Waals surface area contributed by atoms with Gasteiger partial charge in [-0.05, 0) is 20.8 Å². The van der Waals surface area contributed by atoms with Crippen LogP contribution in [0.2, 0.25) is 0 Å². The minimum absolute atomic E-state index is 0.0384. The van der Waals surface area contributed by atoms with Gasteiger partial charge in [-0.2, -0.15) is 4.37 Å². The summed E-state index contributed by atoms with van der Waals surface area (Å²) in [5, 5.41) is 4.17. The molecule has 1 unspecified atom stereocenters. The highest BCUT2D eigenvalue weighted by Crippen LogP contribution is 2.22. The van der Waals surface area contributed by atoms with E-state index >= 15 is 0 Å². The summed E-state index contributed by atoms with van der Waals surface area (Å²) in [4.78, 5) is 4.33. The van der Waals surface area contributed by atoms with E-state index in [1.807, 2.05) is 13.8 Å². The molecule has 0 fully saturated rings. The van der Waals surface area contributed by atoms with Crippen LogP contribution in [0.1, 0.15) is 33.5 Å². The molecule has 0 aliphatic rings. The summed E-state index contributed by atoms with van der Waals surface area (Å²) in [5.41, 5.74) is -0.161. The van der Waals surface area contributed by atoms with E-state index in [4.69, 9.17) is 11.6 Å². The maximum atomic E-state index is 6.05. The van der Waals surface area contributed by atoms with Gasteiger partial charge >= 0.3 is 0 Å². The highest BCUT2D eigenvalue weighted by molar-refractivity contribution is 7.09. The zero-order chi connectivity index (χ0) is 10.8. The summed E-state index contributed by atoms with van der Waals surface area (Å²) in [6, 6.07) is 0. The first kappa shape index (κ1) is 11.7. The van der Waals surface area contributed by atoms with Gasteiger partial charge in [0.05, 0.1) is 10.9 Å². The summed E-state index contributed by atoms with van der Waals surface area (Å²) >= 11 is 7.44. The number of nitrogens with one attached hydrogen (secondary N) is 1. The van der Waals surface area contributed by atoms with Gasteiger partial charge in [0, 0.05) is 18.0 Å². The van der Waals surface area contributed by atoms with Crippen molar-refractivity contribution in [1.82, 2.24) is 9.36 Å². The van der Waals surface area contributed by atoms with Crippen molar-refractivity contribution in [1.29, 1.82) is 0 Å². The van der Waals surface area contributed by atoms with Crippen molar-refractivity contribution in [3.63, 3.8) is 0 Å². The molecule has 0 saturated carbocycles. The van der Waals surface area contributed by atoms with Crippen molar-refractivity contribution in [2.45, 2.75) is 45.0 Å². The number of anilines is 1. The lowest BCUT2D eigenvalue weighted by Gasteiger charge is -2.28. The Hall–Kier alpha value is -0.350. The van der Waals surface area contributed by atoms with E-state index in [-0.39, 0.29) is 10.9 Å². The number of hydrogen-bond donors (Lipinski definition) is 1. The van der Waals surface area contributed by atoms with Gasteiger partial charge in [-0.1, -0.05) is 6.92 Å². The Labute approximate surface area is 94.1 Å². The molecule has 3 nitrogen and oxygen atoms in total. The van der Waals surface area contributed by atoms with E-state index in [1.165, 1.54) is 11.5 Å². The van der Waals surface area contributed by atoms with Crippen LogP contribution in [0.25, 0.3) is 0 Å². The van der Waals surface area contributed by atoms with Gasteiger partial charge in [0.1, 0.15) is 5.82 Å². The summed E-state index contributed by atoms with van der Waals surface area (Å²) < 4.78 is 4.20. The van der Waals surface area contributed by atoms with Crippen LogP contribution in [-0.2, 0) is 6.42 Å². The molecule has 0 aliphatic heterocycles. The zero-order valence-electron chi connectivity index (χ0n) is 8.97. The smallest absolute Gasteiger partial charge is 0.203 e. The Bertz CT molecular complexity index is 296. The number of halogens is 1. The molecule has 0 radical (unpaired) electrons. The maximum Gasteiger partial charge on any atom is 0.203 e. The first-order valence-electron chi connectivity index (χ1n) is 4.70. The fourth-order valence-corrected chi connectivity index (χ4v) is 1.69. The predicted octanol–water partition coefficient (Wildman–Crippen LogP) is 2.92. The summed E-state index contributed by atoms with van der Waals surface area (Å²) in [5.74, 6) is 0.885. The van der Waals surface area contributed by atoms with Crippen LogP contribution in [-0.4, -0.2) is 20.3 Å². The standard InChI is InChI=1S/C9H16ClN3S/c1-5-7-11-8(14-13-7)12-9(3,4)6(2)10/h6H,5H2,1-4H3,(H,11,12,13). The third kappa shape index (κ3) is 2.82. The molecule has 80 valence electrons. The second kappa shape index (κ2) is 4.45. The highest BCUT2D eigenvalue weighted by atomic mass is 35.5. The quantitative estimate of drug-likeness (QED) is 0.813. The van der Waals surface area contributed by atoms with Crippen LogP contribution in [0.5, 0.6) is 0 Å². The van der Waals surface area contributed by atoms with Crippen molar-refractivity contribution < 1.29 is 0 Å². The molecule has 0 spiro atoms. The van der Waals surface area contributed by atoms with Gasteiger partial charge in [0.25, 0.3) is 0 Å². The van der Waals surface area contributed by atoms with Crippen LogP contribution in [0.4, 0.5) is 5.13 Å². The second-order valence-corrected chi connectivity index (χ2v) is 5.24. The molecule has 0 aromatic carbocycles. The molecule has 0 bridgehead atoms. The number of nitrogens with zero attached hydrogens (tertiary/aromatic N) is 2. The first-order chi connectivity index (χ1) is 6.45. The van der Waals surface area contributed by atoms with Crippen molar-refractivity contribution in [2.24, 2.45) is 0 Å². The van der Waals surface area contributed by atoms with Crippen molar-refractivity contribution >= 4 is 28.3 Å². The van der Waals surface area contributed by atoms with Crippen molar-refractivity contribution in [3.8, 4) is 0 Å². The lowest BCUT2D eigenvalue weighted by atomic mass is 10.0. The predicted molar refractivity (Wildman–Crippen MR) is 62.3 cm³/mol. The Morgan fingerprint density at radius 1 is 1.57 bits per heavy atom. The SMILES string of the molecule is CCc1nsc(NC(C)(C)C(C)Cl)n1. The van der Waals surface area contributed by atoms with E-state index in [0.29, 0.717) is 0 Å². The molecule has 1 aromatic heterocycles. The fourth-order valence-electron chi connectivity index (χ4n) is 0.823. The molecule has 1 atom stereocenters. The van der Waals surface area contributed by atoms with E-state index in [0.717, 1.165) is 17.4 Å². The minimum atomic E-state index is -0.161. The molecule has 14 heavy (non-hydrogen) atoms. The van der Waals surface area contributed by atoms with E-state index in [9.17, 15) is 0 Å². The van der Waals surface area contributed by atoms with Gasteiger partial charge in [0.15, 0.2) is 0 Å². The Balaban J connectivity index is 2.68. The van der Waals surface area contributed by atoms with Crippen LogP contribution in [0.3, 0.4) is 0 Å². The second-order valence-electron chi connectivity index (χ2n) is 3.83. The molecule has 0 amide bonds. The topological polar surface area (TPSA) is 37.8 Å². The average molecular weight is 234 g/mol. The van der Waals surface area contributed by atoms with Gasteiger partial charge < -0.3 is 5.32 Å². The highest BCUT2D eigenvalue weighted by Gasteiger charge is 2.24. The number of alkyl halides is 1. The van der Waals surface area contributed by atoms with Crippen LogP contribution in [0.15, 0.2) is 0 Å². The molecule has 1 aromatic rings. The summed E-state index contributed by atoms with van der Waals surface area (Å²) in [6.45, 7) is 8.12. The van der Waals surface area contributed by atoms with Gasteiger partial charge in [-0.3, -0.25) is 0 Å².